The minimum absolute atomic E-state index is 0.189. The number of benzene rings is 1. The highest BCUT2D eigenvalue weighted by Crippen LogP contribution is 2.08. The van der Waals surface area contributed by atoms with Gasteiger partial charge in [-0.15, -0.1) is 6.58 Å². The van der Waals surface area contributed by atoms with Gasteiger partial charge in [-0.05, 0) is 30.6 Å². The van der Waals surface area contributed by atoms with Crippen LogP contribution in [0.1, 0.15) is 18.1 Å². The number of aliphatic hydroxyl groups excluding tert-OH is 1. The van der Waals surface area contributed by atoms with Crippen LogP contribution in [0.15, 0.2) is 36.9 Å². The second-order valence-corrected chi connectivity index (χ2v) is 4.67. The van der Waals surface area contributed by atoms with Crippen molar-refractivity contribution in [2.24, 2.45) is 0 Å². The van der Waals surface area contributed by atoms with Gasteiger partial charge in [-0.3, -0.25) is 4.90 Å². The maximum absolute atomic E-state index is 9.02. The van der Waals surface area contributed by atoms with Gasteiger partial charge in [0.15, 0.2) is 0 Å². The minimum Gasteiger partial charge on any atom is -0.395 e. The van der Waals surface area contributed by atoms with E-state index in [4.69, 9.17) is 5.11 Å². The third kappa shape index (κ3) is 6.53. The van der Waals surface area contributed by atoms with Crippen LogP contribution < -0.4 is 5.32 Å². The normalized spacial score (nSPS) is 10.9. The second-order valence-electron chi connectivity index (χ2n) is 4.67. The Morgan fingerprint density at radius 1 is 1.26 bits per heavy atom. The SMILES string of the molecule is C=CCN(CCO)Cc1ccc(CCNCC)cc1. The summed E-state index contributed by atoms with van der Waals surface area (Å²) in [6, 6.07) is 8.74. The summed E-state index contributed by atoms with van der Waals surface area (Å²) in [5, 5.41) is 12.4. The zero-order valence-corrected chi connectivity index (χ0v) is 11.9. The van der Waals surface area contributed by atoms with E-state index >= 15 is 0 Å². The van der Waals surface area contributed by atoms with E-state index in [1.165, 1.54) is 11.1 Å². The summed E-state index contributed by atoms with van der Waals surface area (Å²) in [5.74, 6) is 0. The van der Waals surface area contributed by atoms with Gasteiger partial charge < -0.3 is 10.4 Å². The molecule has 0 fully saturated rings. The summed E-state index contributed by atoms with van der Waals surface area (Å²) in [5.41, 5.74) is 2.64. The van der Waals surface area contributed by atoms with Crippen LogP contribution in [0.2, 0.25) is 0 Å². The van der Waals surface area contributed by atoms with Crippen molar-refractivity contribution in [1.29, 1.82) is 0 Å². The number of hydrogen-bond acceptors (Lipinski definition) is 3. The van der Waals surface area contributed by atoms with Crippen molar-refractivity contribution in [3.05, 3.63) is 48.0 Å². The highest BCUT2D eigenvalue weighted by Gasteiger charge is 2.03. The van der Waals surface area contributed by atoms with Crippen LogP contribution in [0, 0.1) is 0 Å². The first-order valence-electron chi connectivity index (χ1n) is 7.02. The number of nitrogens with one attached hydrogen (secondary N) is 1. The first-order chi connectivity index (χ1) is 9.30. The van der Waals surface area contributed by atoms with Gasteiger partial charge >= 0.3 is 0 Å². The first-order valence-corrected chi connectivity index (χ1v) is 7.02. The molecule has 0 saturated carbocycles. The molecule has 0 aliphatic carbocycles. The van der Waals surface area contributed by atoms with Crippen molar-refractivity contribution in [3.63, 3.8) is 0 Å². The topological polar surface area (TPSA) is 35.5 Å². The molecule has 0 amide bonds. The highest BCUT2D eigenvalue weighted by molar-refractivity contribution is 5.22. The molecule has 3 nitrogen and oxygen atoms in total. The van der Waals surface area contributed by atoms with Crippen LogP contribution in [0.5, 0.6) is 0 Å². The first kappa shape index (κ1) is 15.9. The van der Waals surface area contributed by atoms with E-state index in [-0.39, 0.29) is 6.61 Å². The van der Waals surface area contributed by atoms with Gasteiger partial charge in [0.2, 0.25) is 0 Å². The van der Waals surface area contributed by atoms with Crippen LogP contribution in [0.4, 0.5) is 0 Å². The summed E-state index contributed by atoms with van der Waals surface area (Å²) < 4.78 is 0. The van der Waals surface area contributed by atoms with Crippen LogP contribution in [0.25, 0.3) is 0 Å². The molecule has 0 atom stereocenters. The fourth-order valence-corrected chi connectivity index (χ4v) is 2.04. The predicted molar refractivity (Wildman–Crippen MR) is 81.2 cm³/mol. The van der Waals surface area contributed by atoms with Crippen LogP contribution in [0.3, 0.4) is 0 Å². The second kappa shape index (κ2) is 9.73. The fraction of sp³-hybridized carbons (Fsp3) is 0.500. The number of likely N-dealkylation sites (N-methyl/N-ethyl adjacent to an activating group) is 1. The molecule has 19 heavy (non-hydrogen) atoms. The molecule has 0 saturated heterocycles. The molecule has 0 aromatic heterocycles. The average molecular weight is 262 g/mol. The third-order valence-corrected chi connectivity index (χ3v) is 3.07. The molecule has 2 N–H and O–H groups in total. The van der Waals surface area contributed by atoms with E-state index < -0.39 is 0 Å². The lowest BCUT2D eigenvalue weighted by atomic mass is 10.1. The van der Waals surface area contributed by atoms with Gasteiger partial charge in [0.25, 0.3) is 0 Å². The Morgan fingerprint density at radius 3 is 2.53 bits per heavy atom. The van der Waals surface area contributed by atoms with Gasteiger partial charge in [0.1, 0.15) is 0 Å². The highest BCUT2D eigenvalue weighted by atomic mass is 16.3. The molecule has 1 aromatic carbocycles. The van der Waals surface area contributed by atoms with Crippen molar-refractivity contribution < 1.29 is 5.11 Å². The Bertz CT molecular complexity index is 348. The van der Waals surface area contributed by atoms with Crippen LogP contribution in [-0.2, 0) is 13.0 Å². The largest absolute Gasteiger partial charge is 0.395 e. The molecule has 0 heterocycles. The number of hydrogen-bond donors (Lipinski definition) is 2. The lowest BCUT2D eigenvalue weighted by molar-refractivity contribution is 0.203. The molecule has 0 spiro atoms. The van der Waals surface area contributed by atoms with E-state index in [0.717, 1.165) is 32.6 Å². The van der Waals surface area contributed by atoms with Gasteiger partial charge in [0.05, 0.1) is 6.61 Å². The quantitative estimate of drug-likeness (QED) is 0.499. The summed E-state index contributed by atoms with van der Waals surface area (Å²) >= 11 is 0. The third-order valence-electron chi connectivity index (χ3n) is 3.07. The van der Waals surface area contributed by atoms with Gasteiger partial charge in [-0.2, -0.15) is 0 Å². The van der Waals surface area contributed by atoms with E-state index in [1.807, 2.05) is 6.08 Å². The zero-order chi connectivity index (χ0) is 13.9. The van der Waals surface area contributed by atoms with Crippen LogP contribution in [-0.4, -0.2) is 42.8 Å². The number of rotatable bonds is 10. The Kier molecular flexibility index (Phi) is 8.14. The lowest BCUT2D eigenvalue weighted by Gasteiger charge is -2.19. The molecule has 106 valence electrons. The molecule has 0 aliphatic heterocycles. The standard InChI is InChI=1S/C16H26N2O/c1-3-11-18(12-13-19)14-16-7-5-15(6-8-16)9-10-17-4-2/h3,5-8,17,19H,1,4,9-14H2,2H3. The van der Waals surface area contributed by atoms with E-state index in [1.54, 1.807) is 0 Å². The van der Waals surface area contributed by atoms with Gasteiger partial charge in [-0.1, -0.05) is 37.3 Å². The van der Waals surface area contributed by atoms with Crippen LogP contribution >= 0.6 is 0 Å². The molecule has 0 radical (unpaired) electrons. The van der Waals surface area contributed by atoms with Gasteiger partial charge in [-0.25, -0.2) is 0 Å². The van der Waals surface area contributed by atoms with E-state index in [2.05, 4.69) is 48.0 Å². The maximum Gasteiger partial charge on any atom is 0.0558 e. The molecule has 1 aromatic rings. The minimum atomic E-state index is 0.189. The smallest absolute Gasteiger partial charge is 0.0558 e. The van der Waals surface area contributed by atoms with E-state index in [0.29, 0.717) is 6.54 Å². The average Bonchev–Trinajstić information content (AvgIpc) is 2.42. The predicted octanol–water partition coefficient (Wildman–Crippen LogP) is 1.82. The fourth-order valence-electron chi connectivity index (χ4n) is 2.04. The number of aliphatic hydroxyl groups is 1. The molecule has 3 heteroatoms. The lowest BCUT2D eigenvalue weighted by Crippen LogP contribution is -2.26. The Hall–Kier alpha value is -1.16. The summed E-state index contributed by atoms with van der Waals surface area (Å²) in [7, 11) is 0. The molecule has 0 bridgehead atoms. The maximum atomic E-state index is 9.02. The van der Waals surface area contributed by atoms with Crippen molar-refractivity contribution in [2.45, 2.75) is 19.9 Å². The monoisotopic (exact) mass is 262 g/mol. The molecule has 0 unspecified atom stereocenters. The molecule has 0 aliphatic rings. The Labute approximate surface area is 116 Å². The summed E-state index contributed by atoms with van der Waals surface area (Å²) in [4.78, 5) is 2.18. The summed E-state index contributed by atoms with van der Waals surface area (Å²) in [6.45, 7) is 10.5. The number of nitrogens with zero attached hydrogens (tertiary/aromatic N) is 1. The summed E-state index contributed by atoms with van der Waals surface area (Å²) in [6.07, 6.45) is 2.95. The Balaban J connectivity index is 2.47. The molecule has 1 rings (SSSR count). The van der Waals surface area contributed by atoms with Crippen molar-refractivity contribution in [2.75, 3.05) is 32.8 Å². The Morgan fingerprint density at radius 2 is 1.95 bits per heavy atom. The zero-order valence-electron chi connectivity index (χ0n) is 11.9. The van der Waals surface area contributed by atoms with Crippen molar-refractivity contribution in [1.82, 2.24) is 10.2 Å². The van der Waals surface area contributed by atoms with Gasteiger partial charge in [0, 0.05) is 19.6 Å². The molecular weight excluding hydrogens is 236 g/mol. The van der Waals surface area contributed by atoms with Crippen molar-refractivity contribution in [3.8, 4) is 0 Å². The van der Waals surface area contributed by atoms with Crippen molar-refractivity contribution >= 4 is 0 Å². The molecular formula is C16H26N2O. The van der Waals surface area contributed by atoms with E-state index in [9.17, 15) is 0 Å².